The summed E-state index contributed by atoms with van der Waals surface area (Å²) in [4.78, 5) is 22.8. The molecule has 0 saturated carbocycles. The molecule has 0 aliphatic heterocycles. The number of carbonyl (C=O) groups is 2. The van der Waals surface area contributed by atoms with Crippen molar-refractivity contribution in [3.8, 4) is 0 Å². The lowest BCUT2D eigenvalue weighted by Gasteiger charge is -2.08. The molecule has 0 radical (unpaired) electrons. The van der Waals surface area contributed by atoms with Crippen molar-refractivity contribution in [3.63, 3.8) is 0 Å². The number of amides is 3. The van der Waals surface area contributed by atoms with Gasteiger partial charge in [0.05, 0.1) is 0 Å². The van der Waals surface area contributed by atoms with Crippen LogP contribution in [0.25, 0.3) is 0 Å². The number of anilines is 2. The number of halogens is 1. The lowest BCUT2D eigenvalue weighted by Crippen LogP contribution is -2.19. The van der Waals surface area contributed by atoms with E-state index in [2.05, 4.69) is 10.6 Å². The maximum absolute atomic E-state index is 11.9. The maximum atomic E-state index is 11.9. The van der Waals surface area contributed by atoms with Crippen molar-refractivity contribution in [2.75, 3.05) is 10.6 Å². The average molecular weight is 318 g/mol. The molecular formula is C16H16ClN3O2. The lowest BCUT2D eigenvalue weighted by molar-refractivity contribution is -0.116. The van der Waals surface area contributed by atoms with Crippen LogP contribution in [-0.2, 0) is 11.2 Å². The molecule has 2 rings (SSSR count). The number of nitrogens with two attached hydrogens (primary N) is 1. The van der Waals surface area contributed by atoms with E-state index in [-0.39, 0.29) is 5.91 Å². The van der Waals surface area contributed by atoms with E-state index in [9.17, 15) is 9.59 Å². The van der Waals surface area contributed by atoms with Crippen LogP contribution in [0, 0.1) is 0 Å². The molecule has 2 aromatic carbocycles. The van der Waals surface area contributed by atoms with Gasteiger partial charge >= 0.3 is 6.03 Å². The Morgan fingerprint density at radius 3 is 2.36 bits per heavy atom. The second kappa shape index (κ2) is 7.47. The van der Waals surface area contributed by atoms with Gasteiger partial charge in [-0.15, -0.1) is 0 Å². The zero-order valence-corrected chi connectivity index (χ0v) is 12.6. The predicted molar refractivity (Wildman–Crippen MR) is 88.1 cm³/mol. The fourth-order valence-corrected chi connectivity index (χ4v) is 2.20. The molecule has 6 heteroatoms. The molecule has 0 aliphatic rings. The molecule has 2 aromatic rings. The van der Waals surface area contributed by atoms with Crippen molar-refractivity contribution in [3.05, 3.63) is 59.1 Å². The first-order valence-electron chi connectivity index (χ1n) is 6.74. The zero-order valence-electron chi connectivity index (χ0n) is 11.8. The first-order valence-corrected chi connectivity index (χ1v) is 7.11. The Hall–Kier alpha value is -2.53. The summed E-state index contributed by atoms with van der Waals surface area (Å²) in [5, 5.41) is 5.89. The fourth-order valence-electron chi connectivity index (χ4n) is 1.99. The summed E-state index contributed by atoms with van der Waals surface area (Å²) in [6.07, 6.45) is 0.944. The molecule has 0 aliphatic carbocycles. The summed E-state index contributed by atoms with van der Waals surface area (Å²) < 4.78 is 0. The highest BCUT2D eigenvalue weighted by atomic mass is 35.5. The highest BCUT2D eigenvalue weighted by Gasteiger charge is 2.05. The van der Waals surface area contributed by atoms with Crippen LogP contribution in [0.5, 0.6) is 0 Å². The number of hydrogen-bond acceptors (Lipinski definition) is 2. The van der Waals surface area contributed by atoms with E-state index in [0.29, 0.717) is 29.2 Å². The minimum absolute atomic E-state index is 0.115. The van der Waals surface area contributed by atoms with Crippen LogP contribution in [0.3, 0.4) is 0 Å². The number of urea groups is 1. The Kier molecular flexibility index (Phi) is 5.38. The predicted octanol–water partition coefficient (Wildman–Crippen LogP) is 3.40. The van der Waals surface area contributed by atoms with E-state index < -0.39 is 6.03 Å². The van der Waals surface area contributed by atoms with E-state index in [1.54, 1.807) is 30.3 Å². The third kappa shape index (κ3) is 5.10. The molecule has 4 N–H and O–H groups in total. The molecule has 0 unspecified atom stereocenters. The summed E-state index contributed by atoms with van der Waals surface area (Å²) in [6, 6.07) is 13.6. The van der Waals surface area contributed by atoms with Crippen molar-refractivity contribution in [2.24, 2.45) is 5.73 Å². The van der Waals surface area contributed by atoms with E-state index >= 15 is 0 Å². The van der Waals surface area contributed by atoms with Gasteiger partial charge in [-0.05, 0) is 42.3 Å². The normalized spacial score (nSPS) is 10.0. The van der Waals surface area contributed by atoms with Gasteiger partial charge < -0.3 is 16.4 Å². The number of aryl methyl sites for hydroxylation is 1. The molecule has 22 heavy (non-hydrogen) atoms. The molecule has 0 aromatic heterocycles. The van der Waals surface area contributed by atoms with E-state index in [0.717, 1.165) is 5.56 Å². The van der Waals surface area contributed by atoms with Gasteiger partial charge in [0, 0.05) is 22.8 Å². The first kappa shape index (κ1) is 15.9. The summed E-state index contributed by atoms with van der Waals surface area (Å²) in [7, 11) is 0. The number of benzene rings is 2. The molecule has 0 bridgehead atoms. The van der Waals surface area contributed by atoms with Crippen LogP contribution in [0.2, 0.25) is 5.02 Å². The number of carbonyl (C=O) groups excluding carboxylic acids is 2. The highest BCUT2D eigenvalue weighted by Crippen LogP contribution is 2.16. The second-order valence-electron chi connectivity index (χ2n) is 4.75. The molecule has 5 nitrogen and oxygen atoms in total. The molecule has 0 saturated heterocycles. The Morgan fingerprint density at radius 2 is 1.68 bits per heavy atom. The van der Waals surface area contributed by atoms with E-state index in [4.69, 9.17) is 17.3 Å². The number of rotatable bonds is 5. The molecule has 0 atom stereocenters. The fraction of sp³-hybridized carbons (Fsp3) is 0.125. The van der Waals surface area contributed by atoms with Crippen LogP contribution in [0.4, 0.5) is 16.2 Å². The topological polar surface area (TPSA) is 84.2 Å². The van der Waals surface area contributed by atoms with Gasteiger partial charge in [-0.2, -0.15) is 0 Å². The molecule has 0 spiro atoms. The molecule has 0 heterocycles. The van der Waals surface area contributed by atoms with Gasteiger partial charge in [-0.1, -0.05) is 29.8 Å². The Morgan fingerprint density at radius 1 is 1.00 bits per heavy atom. The zero-order chi connectivity index (χ0) is 15.9. The third-order valence-corrected chi connectivity index (χ3v) is 3.18. The molecule has 114 valence electrons. The van der Waals surface area contributed by atoms with Gasteiger partial charge in [-0.3, -0.25) is 4.79 Å². The Bertz CT molecular complexity index is 689. The quantitative estimate of drug-likeness (QED) is 0.789. The number of nitrogens with one attached hydrogen (secondary N) is 2. The number of primary amides is 1. The van der Waals surface area contributed by atoms with Crippen molar-refractivity contribution < 1.29 is 9.59 Å². The lowest BCUT2D eigenvalue weighted by atomic mass is 10.1. The Labute approximate surface area is 133 Å². The smallest absolute Gasteiger partial charge is 0.316 e. The molecular weight excluding hydrogens is 302 g/mol. The minimum atomic E-state index is -0.649. The van der Waals surface area contributed by atoms with E-state index in [1.165, 1.54) is 0 Å². The summed E-state index contributed by atoms with van der Waals surface area (Å²) in [5.74, 6) is -0.115. The van der Waals surface area contributed by atoms with Gasteiger partial charge in [0.15, 0.2) is 0 Å². The summed E-state index contributed by atoms with van der Waals surface area (Å²) in [6.45, 7) is 0. The van der Waals surface area contributed by atoms with Crippen LogP contribution in [-0.4, -0.2) is 11.9 Å². The standard InChI is InChI=1S/C16H16ClN3O2/c17-12-4-1-3-11(9-12)7-8-15(21)19-13-5-2-6-14(10-13)20-16(18)22/h1-6,9-10H,7-8H2,(H,19,21)(H3,18,20,22). The SMILES string of the molecule is NC(=O)Nc1cccc(NC(=O)CCc2cccc(Cl)c2)c1. The van der Waals surface area contributed by atoms with Gasteiger partial charge in [0.25, 0.3) is 0 Å². The van der Waals surface area contributed by atoms with Crippen molar-refractivity contribution in [1.82, 2.24) is 0 Å². The van der Waals surface area contributed by atoms with Crippen LogP contribution in [0.1, 0.15) is 12.0 Å². The van der Waals surface area contributed by atoms with Crippen LogP contribution in [0.15, 0.2) is 48.5 Å². The number of hydrogen-bond donors (Lipinski definition) is 3. The average Bonchev–Trinajstić information content (AvgIpc) is 2.45. The highest BCUT2D eigenvalue weighted by molar-refractivity contribution is 6.30. The molecule has 3 amide bonds. The maximum Gasteiger partial charge on any atom is 0.316 e. The third-order valence-electron chi connectivity index (χ3n) is 2.94. The van der Waals surface area contributed by atoms with Crippen LogP contribution < -0.4 is 16.4 Å². The van der Waals surface area contributed by atoms with E-state index in [1.807, 2.05) is 18.2 Å². The first-order chi connectivity index (χ1) is 10.5. The minimum Gasteiger partial charge on any atom is -0.351 e. The van der Waals surface area contributed by atoms with Crippen LogP contribution >= 0.6 is 11.6 Å². The largest absolute Gasteiger partial charge is 0.351 e. The van der Waals surface area contributed by atoms with Crippen molar-refractivity contribution in [2.45, 2.75) is 12.8 Å². The molecule has 0 fully saturated rings. The monoisotopic (exact) mass is 317 g/mol. The van der Waals surface area contributed by atoms with Crippen molar-refractivity contribution >= 4 is 34.9 Å². The summed E-state index contributed by atoms with van der Waals surface area (Å²) >= 11 is 5.90. The van der Waals surface area contributed by atoms with Gasteiger partial charge in [0.2, 0.25) is 5.91 Å². The van der Waals surface area contributed by atoms with Gasteiger partial charge in [0.1, 0.15) is 0 Å². The summed E-state index contributed by atoms with van der Waals surface area (Å²) in [5.41, 5.74) is 7.19. The Balaban J connectivity index is 1.90. The van der Waals surface area contributed by atoms with Gasteiger partial charge in [-0.25, -0.2) is 4.79 Å². The second-order valence-corrected chi connectivity index (χ2v) is 5.18. The van der Waals surface area contributed by atoms with Crippen molar-refractivity contribution in [1.29, 1.82) is 0 Å².